The van der Waals surface area contributed by atoms with Crippen molar-refractivity contribution in [2.45, 2.75) is 33.7 Å². The molecule has 1 atom stereocenters. The molecule has 3 rings (SSSR count). The van der Waals surface area contributed by atoms with Crippen molar-refractivity contribution in [1.82, 2.24) is 20.0 Å². The van der Waals surface area contributed by atoms with Gasteiger partial charge in [0.2, 0.25) is 0 Å². The van der Waals surface area contributed by atoms with Crippen LogP contribution in [0.2, 0.25) is 0 Å². The number of nitrogens with zero attached hydrogens (tertiary/aromatic N) is 4. The molecule has 3 heterocycles. The van der Waals surface area contributed by atoms with E-state index in [1.165, 1.54) is 15.3 Å². The van der Waals surface area contributed by atoms with E-state index in [0.717, 1.165) is 11.5 Å². The van der Waals surface area contributed by atoms with Gasteiger partial charge in [0.25, 0.3) is 0 Å². The van der Waals surface area contributed by atoms with Gasteiger partial charge in [0.05, 0.1) is 11.7 Å². The quantitative estimate of drug-likeness (QED) is 0.795. The molecule has 0 radical (unpaired) electrons. The average molecular weight is 313 g/mol. The van der Waals surface area contributed by atoms with Crippen LogP contribution in [-0.4, -0.2) is 20.0 Å². The fraction of sp³-hybridized carbons (Fsp3) is 0.312. The van der Waals surface area contributed by atoms with Gasteiger partial charge in [-0.15, -0.1) is 21.5 Å². The van der Waals surface area contributed by atoms with Crippen molar-refractivity contribution in [2.24, 2.45) is 0 Å². The first kappa shape index (κ1) is 14.7. The summed E-state index contributed by atoms with van der Waals surface area (Å²) < 4.78 is 1.72. The van der Waals surface area contributed by atoms with Gasteiger partial charge in [0, 0.05) is 16.0 Å². The Bertz CT molecular complexity index is 772. The van der Waals surface area contributed by atoms with E-state index in [9.17, 15) is 0 Å². The lowest BCUT2D eigenvalue weighted by atomic mass is 10.1. The average Bonchev–Trinajstić information content (AvgIpc) is 3.05. The molecule has 5 nitrogen and oxygen atoms in total. The number of nitrogens with one attached hydrogen (secondary N) is 1. The maximum atomic E-state index is 4.33. The second-order valence-corrected chi connectivity index (χ2v) is 6.87. The van der Waals surface area contributed by atoms with E-state index in [0.29, 0.717) is 5.82 Å². The Hall–Kier alpha value is -2.21. The monoisotopic (exact) mass is 313 g/mol. The molecule has 0 fully saturated rings. The summed E-state index contributed by atoms with van der Waals surface area (Å²) in [6.45, 7) is 8.38. The zero-order valence-electron chi connectivity index (χ0n) is 13.2. The van der Waals surface area contributed by atoms with Gasteiger partial charge in [-0.2, -0.15) is 5.10 Å². The van der Waals surface area contributed by atoms with Crippen LogP contribution in [0.25, 0.3) is 5.82 Å². The van der Waals surface area contributed by atoms with Crippen LogP contribution in [0.4, 0.5) is 5.82 Å². The predicted molar refractivity (Wildman–Crippen MR) is 89.7 cm³/mol. The number of anilines is 1. The summed E-state index contributed by atoms with van der Waals surface area (Å²) in [5.41, 5.74) is 2.28. The molecule has 0 bridgehead atoms. The van der Waals surface area contributed by atoms with Crippen molar-refractivity contribution >= 4 is 17.2 Å². The van der Waals surface area contributed by atoms with E-state index in [1.54, 1.807) is 4.68 Å². The van der Waals surface area contributed by atoms with Crippen LogP contribution >= 0.6 is 11.3 Å². The molecular weight excluding hydrogens is 294 g/mol. The van der Waals surface area contributed by atoms with Crippen LogP contribution in [0.1, 0.15) is 34.0 Å². The molecule has 0 saturated heterocycles. The van der Waals surface area contributed by atoms with Gasteiger partial charge < -0.3 is 5.32 Å². The Kier molecular flexibility index (Phi) is 3.94. The second-order valence-electron chi connectivity index (χ2n) is 5.41. The highest BCUT2D eigenvalue weighted by Gasteiger charge is 2.12. The molecule has 1 N–H and O–H groups in total. The first-order valence-electron chi connectivity index (χ1n) is 7.23. The molecule has 0 amide bonds. The highest BCUT2D eigenvalue weighted by atomic mass is 32.1. The van der Waals surface area contributed by atoms with Crippen LogP contribution < -0.4 is 5.32 Å². The molecule has 3 aromatic heterocycles. The zero-order chi connectivity index (χ0) is 15.7. The van der Waals surface area contributed by atoms with Crippen LogP contribution in [0.3, 0.4) is 0 Å². The Morgan fingerprint density at radius 3 is 2.50 bits per heavy atom. The van der Waals surface area contributed by atoms with Gasteiger partial charge in [-0.1, -0.05) is 0 Å². The van der Waals surface area contributed by atoms with Crippen molar-refractivity contribution in [1.29, 1.82) is 0 Å². The normalized spacial score (nSPS) is 12.4. The number of aromatic nitrogens is 4. The van der Waals surface area contributed by atoms with Crippen LogP contribution in [0, 0.1) is 20.8 Å². The summed E-state index contributed by atoms with van der Waals surface area (Å²) in [5, 5.41) is 16.2. The first-order valence-corrected chi connectivity index (χ1v) is 8.04. The molecule has 22 heavy (non-hydrogen) atoms. The lowest BCUT2D eigenvalue weighted by Gasteiger charge is -2.14. The molecule has 0 saturated carbocycles. The summed E-state index contributed by atoms with van der Waals surface area (Å²) in [6, 6.07) is 8.23. The largest absolute Gasteiger partial charge is 0.362 e. The minimum absolute atomic E-state index is 0.206. The standard InChI is InChI=1S/C16H19N5S/c1-10-7-8-21(20-10)16-6-5-15(18-19-16)17-12(3)14-9-11(2)22-13(14)4/h5-9,12H,1-4H3,(H,17,18). The maximum absolute atomic E-state index is 4.33. The van der Waals surface area contributed by atoms with Gasteiger partial charge in [0.15, 0.2) is 5.82 Å². The van der Waals surface area contributed by atoms with Crippen LogP contribution in [0.15, 0.2) is 30.5 Å². The summed E-state index contributed by atoms with van der Waals surface area (Å²) in [6.07, 6.45) is 1.88. The van der Waals surface area contributed by atoms with Gasteiger partial charge in [0.1, 0.15) is 5.82 Å². The SMILES string of the molecule is Cc1ccn(-c2ccc(NC(C)c3cc(C)sc3C)nn2)n1. The molecule has 0 aliphatic heterocycles. The molecule has 6 heteroatoms. The maximum Gasteiger partial charge on any atom is 0.175 e. The lowest BCUT2D eigenvalue weighted by molar-refractivity contribution is 0.795. The highest BCUT2D eigenvalue weighted by Crippen LogP contribution is 2.28. The molecule has 114 valence electrons. The Morgan fingerprint density at radius 2 is 1.95 bits per heavy atom. The third-order valence-electron chi connectivity index (χ3n) is 3.52. The first-order chi connectivity index (χ1) is 10.5. The van der Waals surface area contributed by atoms with E-state index < -0.39 is 0 Å². The summed E-state index contributed by atoms with van der Waals surface area (Å²) in [5.74, 6) is 1.48. The Balaban J connectivity index is 1.74. The molecule has 0 aliphatic carbocycles. The number of hydrogen-bond acceptors (Lipinski definition) is 5. The highest BCUT2D eigenvalue weighted by molar-refractivity contribution is 7.12. The molecule has 1 unspecified atom stereocenters. The minimum atomic E-state index is 0.206. The van der Waals surface area contributed by atoms with E-state index in [4.69, 9.17) is 0 Å². The molecule has 0 aliphatic rings. The second kappa shape index (κ2) is 5.88. The predicted octanol–water partition coefficient (Wildman–Crippen LogP) is 3.82. The van der Waals surface area contributed by atoms with E-state index >= 15 is 0 Å². The molecular formula is C16H19N5S. The van der Waals surface area contributed by atoms with Crippen molar-refractivity contribution in [3.05, 3.63) is 51.5 Å². The van der Waals surface area contributed by atoms with Gasteiger partial charge >= 0.3 is 0 Å². The Labute approximate surface area is 134 Å². The number of aryl methyl sites for hydroxylation is 3. The molecule has 3 aromatic rings. The van der Waals surface area contributed by atoms with E-state index in [2.05, 4.69) is 47.5 Å². The number of thiophene rings is 1. The fourth-order valence-electron chi connectivity index (χ4n) is 2.45. The minimum Gasteiger partial charge on any atom is -0.362 e. The number of hydrogen-bond donors (Lipinski definition) is 1. The van der Waals surface area contributed by atoms with E-state index in [-0.39, 0.29) is 6.04 Å². The summed E-state index contributed by atoms with van der Waals surface area (Å²) in [4.78, 5) is 2.67. The molecule has 0 spiro atoms. The van der Waals surface area contributed by atoms with Crippen molar-refractivity contribution in [3.63, 3.8) is 0 Å². The summed E-state index contributed by atoms with van der Waals surface area (Å²) in [7, 11) is 0. The summed E-state index contributed by atoms with van der Waals surface area (Å²) >= 11 is 1.82. The Morgan fingerprint density at radius 1 is 1.14 bits per heavy atom. The fourth-order valence-corrected chi connectivity index (χ4v) is 3.47. The van der Waals surface area contributed by atoms with Gasteiger partial charge in [-0.05, 0) is 57.5 Å². The van der Waals surface area contributed by atoms with Crippen LogP contribution in [-0.2, 0) is 0 Å². The van der Waals surface area contributed by atoms with Crippen molar-refractivity contribution in [3.8, 4) is 5.82 Å². The third-order valence-corrected chi connectivity index (χ3v) is 4.50. The van der Waals surface area contributed by atoms with Crippen molar-refractivity contribution < 1.29 is 0 Å². The van der Waals surface area contributed by atoms with E-state index in [1.807, 2.05) is 42.7 Å². The van der Waals surface area contributed by atoms with Crippen molar-refractivity contribution in [2.75, 3.05) is 5.32 Å². The zero-order valence-corrected chi connectivity index (χ0v) is 14.0. The smallest absolute Gasteiger partial charge is 0.175 e. The number of rotatable bonds is 4. The molecule has 0 aromatic carbocycles. The van der Waals surface area contributed by atoms with Gasteiger partial charge in [-0.3, -0.25) is 0 Å². The lowest BCUT2D eigenvalue weighted by Crippen LogP contribution is -2.09. The topological polar surface area (TPSA) is 55.6 Å². The third kappa shape index (κ3) is 3.01. The van der Waals surface area contributed by atoms with Gasteiger partial charge in [-0.25, -0.2) is 4.68 Å². The van der Waals surface area contributed by atoms with Crippen LogP contribution in [0.5, 0.6) is 0 Å².